The first-order chi connectivity index (χ1) is 10.3. The Hall–Kier alpha value is -2.09. The number of hydrogen-bond donors (Lipinski definition) is 2. The highest BCUT2D eigenvalue weighted by Gasteiger charge is 2.07. The normalized spacial score (nSPS) is 9.76. The number of nitrogens with one attached hydrogen (secondary N) is 1. The van der Waals surface area contributed by atoms with Gasteiger partial charge in [0.25, 0.3) is 5.91 Å². The summed E-state index contributed by atoms with van der Waals surface area (Å²) < 4.78 is 0. The number of hydrogen-bond acceptors (Lipinski definition) is 3. The summed E-state index contributed by atoms with van der Waals surface area (Å²) in [6, 6.07) is 13.9. The van der Waals surface area contributed by atoms with E-state index in [1.165, 1.54) is 16.9 Å². The molecule has 0 spiro atoms. The van der Waals surface area contributed by atoms with Crippen LogP contribution in [0.25, 0.3) is 0 Å². The second kappa shape index (κ2) is 8.25. The second-order valence-electron chi connectivity index (χ2n) is 4.51. The van der Waals surface area contributed by atoms with E-state index in [1.807, 2.05) is 24.3 Å². The molecule has 3 N–H and O–H groups in total. The molecular weight excluding hydrogens is 280 g/mol. The number of benzene rings is 1. The van der Waals surface area contributed by atoms with Crippen LogP contribution in [0.4, 0.5) is 0 Å². The summed E-state index contributed by atoms with van der Waals surface area (Å²) in [5.41, 5.74) is 6.62. The van der Waals surface area contributed by atoms with Crippen molar-refractivity contribution in [3.63, 3.8) is 0 Å². The van der Waals surface area contributed by atoms with Gasteiger partial charge in [0.05, 0.1) is 16.3 Å². The first kappa shape index (κ1) is 15.3. The van der Waals surface area contributed by atoms with E-state index >= 15 is 0 Å². The number of thiophene rings is 1. The summed E-state index contributed by atoms with van der Waals surface area (Å²) in [5.74, 6) is 5.68. The van der Waals surface area contributed by atoms with Crippen LogP contribution in [0.3, 0.4) is 0 Å². The molecule has 2 aromatic rings. The number of carbonyl (C=O) groups is 1. The maximum Gasteiger partial charge on any atom is 0.261 e. The highest BCUT2D eigenvalue weighted by molar-refractivity contribution is 7.14. The van der Waals surface area contributed by atoms with Gasteiger partial charge in [0.15, 0.2) is 0 Å². The molecule has 1 aromatic heterocycles. The van der Waals surface area contributed by atoms with Crippen LogP contribution in [0.2, 0.25) is 0 Å². The lowest BCUT2D eigenvalue weighted by Crippen LogP contribution is -2.23. The summed E-state index contributed by atoms with van der Waals surface area (Å²) in [5, 5.41) is 2.94. The van der Waals surface area contributed by atoms with Gasteiger partial charge in [-0.2, -0.15) is 0 Å². The molecule has 0 atom stereocenters. The molecule has 21 heavy (non-hydrogen) atoms. The van der Waals surface area contributed by atoms with Gasteiger partial charge < -0.3 is 11.1 Å². The summed E-state index contributed by atoms with van der Waals surface area (Å²) >= 11 is 1.39. The first-order valence-electron chi connectivity index (χ1n) is 6.90. The van der Waals surface area contributed by atoms with Crippen molar-refractivity contribution in [1.82, 2.24) is 5.32 Å². The molecule has 0 unspecified atom stereocenters. The van der Waals surface area contributed by atoms with Crippen molar-refractivity contribution in [2.45, 2.75) is 12.8 Å². The zero-order valence-electron chi connectivity index (χ0n) is 11.8. The van der Waals surface area contributed by atoms with Gasteiger partial charge in [0.2, 0.25) is 0 Å². The van der Waals surface area contributed by atoms with E-state index in [9.17, 15) is 4.79 Å². The fourth-order valence-corrected chi connectivity index (χ4v) is 2.69. The highest BCUT2D eigenvalue weighted by atomic mass is 32.1. The number of aryl methyl sites for hydroxylation is 1. The van der Waals surface area contributed by atoms with Gasteiger partial charge in [0, 0.05) is 6.54 Å². The van der Waals surface area contributed by atoms with Crippen molar-refractivity contribution in [2.24, 2.45) is 5.73 Å². The fourth-order valence-electron chi connectivity index (χ4n) is 1.89. The lowest BCUT2D eigenvalue weighted by Gasteiger charge is -2.03. The summed E-state index contributed by atoms with van der Waals surface area (Å²) in [4.78, 5) is 13.5. The van der Waals surface area contributed by atoms with Crippen LogP contribution in [-0.4, -0.2) is 19.0 Å². The molecule has 0 aliphatic heterocycles. The van der Waals surface area contributed by atoms with E-state index in [4.69, 9.17) is 5.73 Å². The third kappa shape index (κ3) is 5.07. The lowest BCUT2D eigenvalue weighted by molar-refractivity contribution is 0.0957. The molecular formula is C17H18N2OS. The Morgan fingerprint density at radius 3 is 2.76 bits per heavy atom. The van der Waals surface area contributed by atoms with Gasteiger partial charge in [-0.1, -0.05) is 42.2 Å². The smallest absolute Gasteiger partial charge is 0.261 e. The molecule has 0 fully saturated rings. The Morgan fingerprint density at radius 1 is 1.19 bits per heavy atom. The van der Waals surface area contributed by atoms with Crippen LogP contribution in [0, 0.1) is 11.8 Å². The zero-order valence-corrected chi connectivity index (χ0v) is 12.6. The molecule has 2 rings (SSSR count). The van der Waals surface area contributed by atoms with Crippen LogP contribution in [-0.2, 0) is 6.42 Å². The van der Waals surface area contributed by atoms with Gasteiger partial charge in [-0.25, -0.2) is 0 Å². The molecule has 0 saturated heterocycles. The Kier molecular flexibility index (Phi) is 6.01. The van der Waals surface area contributed by atoms with Crippen molar-refractivity contribution >= 4 is 17.2 Å². The number of carbonyl (C=O) groups excluding carboxylic acids is 1. The Balaban J connectivity index is 1.75. The van der Waals surface area contributed by atoms with Gasteiger partial charge in [-0.05, 0) is 30.5 Å². The maximum absolute atomic E-state index is 12.0. The minimum Gasteiger partial charge on any atom is -0.351 e. The van der Waals surface area contributed by atoms with Gasteiger partial charge >= 0.3 is 0 Å². The average Bonchev–Trinajstić information content (AvgIpc) is 2.99. The maximum atomic E-state index is 12.0. The molecule has 0 bridgehead atoms. The van der Waals surface area contributed by atoms with Crippen molar-refractivity contribution in [3.8, 4) is 11.8 Å². The van der Waals surface area contributed by atoms with Gasteiger partial charge in [-0.15, -0.1) is 11.3 Å². The third-order valence-electron chi connectivity index (χ3n) is 2.91. The van der Waals surface area contributed by atoms with Gasteiger partial charge in [-0.3, -0.25) is 4.79 Å². The Labute approximate surface area is 129 Å². The van der Waals surface area contributed by atoms with E-state index in [2.05, 4.69) is 29.3 Å². The fraction of sp³-hybridized carbons (Fsp3) is 0.235. The molecule has 0 radical (unpaired) electrons. The number of rotatable bonds is 5. The van der Waals surface area contributed by atoms with Crippen LogP contribution < -0.4 is 11.1 Å². The molecule has 0 saturated carbocycles. The van der Waals surface area contributed by atoms with E-state index in [0.717, 1.165) is 17.7 Å². The predicted molar refractivity (Wildman–Crippen MR) is 87.3 cm³/mol. The average molecular weight is 298 g/mol. The van der Waals surface area contributed by atoms with Crippen LogP contribution in [0.5, 0.6) is 0 Å². The second-order valence-corrected chi connectivity index (χ2v) is 5.60. The van der Waals surface area contributed by atoms with Crippen molar-refractivity contribution in [2.75, 3.05) is 13.1 Å². The summed E-state index contributed by atoms with van der Waals surface area (Å²) in [7, 11) is 0. The molecule has 108 valence electrons. The SMILES string of the molecule is NCC#Cc1ccc(C(=O)NCCCc2ccccc2)s1. The first-order valence-corrected chi connectivity index (χ1v) is 7.72. The van der Waals surface area contributed by atoms with Crippen LogP contribution in [0.15, 0.2) is 42.5 Å². The van der Waals surface area contributed by atoms with E-state index in [0.29, 0.717) is 18.0 Å². The molecule has 1 aromatic carbocycles. The molecule has 3 nitrogen and oxygen atoms in total. The lowest BCUT2D eigenvalue weighted by atomic mass is 10.1. The monoisotopic (exact) mass is 298 g/mol. The minimum atomic E-state index is -0.0335. The molecule has 4 heteroatoms. The minimum absolute atomic E-state index is 0.0335. The van der Waals surface area contributed by atoms with Crippen molar-refractivity contribution in [3.05, 3.63) is 57.8 Å². The molecule has 1 heterocycles. The van der Waals surface area contributed by atoms with Crippen molar-refractivity contribution < 1.29 is 4.79 Å². The molecule has 1 amide bonds. The Morgan fingerprint density at radius 2 is 2.00 bits per heavy atom. The summed E-state index contributed by atoms with van der Waals surface area (Å²) in [6.07, 6.45) is 1.90. The quantitative estimate of drug-likeness (QED) is 0.658. The van der Waals surface area contributed by atoms with E-state index in [-0.39, 0.29) is 5.91 Å². The molecule has 0 aliphatic rings. The van der Waals surface area contributed by atoms with Gasteiger partial charge in [0.1, 0.15) is 0 Å². The van der Waals surface area contributed by atoms with Crippen LogP contribution in [0.1, 0.15) is 26.5 Å². The summed E-state index contributed by atoms with van der Waals surface area (Å²) in [6.45, 7) is 1.01. The standard InChI is InChI=1S/C17H18N2OS/c18-12-4-9-15-10-11-16(21-15)17(20)19-13-5-8-14-6-2-1-3-7-14/h1-3,6-7,10-11H,5,8,12-13,18H2,(H,19,20). The number of nitrogens with two attached hydrogens (primary N) is 1. The Bertz CT molecular complexity index is 638. The zero-order chi connectivity index (χ0) is 14.9. The number of amides is 1. The van der Waals surface area contributed by atoms with Crippen LogP contribution >= 0.6 is 11.3 Å². The van der Waals surface area contributed by atoms with E-state index < -0.39 is 0 Å². The highest BCUT2D eigenvalue weighted by Crippen LogP contribution is 2.15. The predicted octanol–water partition coefficient (Wildman–Crippen LogP) is 2.42. The topological polar surface area (TPSA) is 55.1 Å². The third-order valence-corrected chi connectivity index (χ3v) is 3.91. The van der Waals surface area contributed by atoms with Crippen molar-refractivity contribution in [1.29, 1.82) is 0 Å². The molecule has 0 aliphatic carbocycles. The van der Waals surface area contributed by atoms with E-state index in [1.54, 1.807) is 6.07 Å². The largest absolute Gasteiger partial charge is 0.351 e.